The number of piperidine rings is 1. The second kappa shape index (κ2) is 12.6. The number of rotatable bonds is 5. The van der Waals surface area contributed by atoms with E-state index >= 15 is 0 Å². The molecule has 0 radical (unpaired) electrons. The van der Waals surface area contributed by atoms with Gasteiger partial charge in [-0.3, -0.25) is 9.38 Å². The van der Waals surface area contributed by atoms with Gasteiger partial charge in [0, 0.05) is 65.7 Å². The summed E-state index contributed by atoms with van der Waals surface area (Å²) in [6.07, 6.45) is 14.2. The lowest BCUT2D eigenvalue weighted by Crippen LogP contribution is -2.45. The van der Waals surface area contributed by atoms with Crippen molar-refractivity contribution in [1.29, 1.82) is 0 Å². The van der Waals surface area contributed by atoms with Crippen LogP contribution in [0.1, 0.15) is 76.6 Å². The number of imidazole rings is 1. The molecular weight excluding hydrogens is 512 g/mol. The highest BCUT2D eigenvalue weighted by atomic mass is 16.6. The number of amides is 1. The molecule has 1 amide bonds. The summed E-state index contributed by atoms with van der Waals surface area (Å²) < 4.78 is 7.54. The third kappa shape index (κ3) is 7.17. The van der Waals surface area contributed by atoms with E-state index in [1.807, 2.05) is 53.1 Å². The van der Waals surface area contributed by atoms with E-state index in [4.69, 9.17) is 15.5 Å². The predicted octanol–water partition coefficient (Wildman–Crippen LogP) is 6.58. The number of nitrogens with zero attached hydrogens (tertiary/aromatic N) is 4. The first-order valence-corrected chi connectivity index (χ1v) is 14.6. The minimum Gasteiger partial charge on any atom is -0.444 e. The molecule has 1 unspecified atom stereocenters. The Balaban J connectivity index is 0.00000189. The number of hydrogen-bond donors (Lipinski definition) is 2. The molecular formula is C33H44N6O2. The lowest BCUT2D eigenvalue weighted by Gasteiger charge is -2.35. The van der Waals surface area contributed by atoms with Gasteiger partial charge >= 0.3 is 6.09 Å². The molecule has 3 aromatic rings. The van der Waals surface area contributed by atoms with E-state index in [0.29, 0.717) is 0 Å². The fourth-order valence-electron chi connectivity index (χ4n) is 5.27. The van der Waals surface area contributed by atoms with E-state index in [-0.39, 0.29) is 18.1 Å². The summed E-state index contributed by atoms with van der Waals surface area (Å²) in [6.45, 7) is 17.8. The Kier molecular flexibility index (Phi) is 9.21. The van der Waals surface area contributed by atoms with E-state index in [0.717, 1.165) is 77.5 Å². The molecule has 8 nitrogen and oxygen atoms in total. The Hall–Kier alpha value is -4.07. The molecule has 2 aromatic heterocycles. The van der Waals surface area contributed by atoms with E-state index in [9.17, 15) is 4.79 Å². The average Bonchev–Trinajstić information content (AvgIpc) is 3.37. The molecule has 0 saturated carbocycles. The Morgan fingerprint density at radius 3 is 2.51 bits per heavy atom. The van der Waals surface area contributed by atoms with Crippen LogP contribution in [0.4, 0.5) is 4.79 Å². The van der Waals surface area contributed by atoms with Crippen molar-refractivity contribution in [2.24, 2.45) is 5.73 Å². The molecule has 0 bridgehead atoms. The molecule has 1 fully saturated rings. The van der Waals surface area contributed by atoms with Gasteiger partial charge in [0.1, 0.15) is 5.60 Å². The number of fused-ring (bicyclic) bond motifs is 1. The molecule has 0 spiro atoms. The van der Waals surface area contributed by atoms with Crippen molar-refractivity contribution >= 4 is 17.4 Å². The molecule has 1 aliphatic carbocycles. The summed E-state index contributed by atoms with van der Waals surface area (Å²) in [4.78, 5) is 23.7. The van der Waals surface area contributed by atoms with Crippen molar-refractivity contribution in [3.63, 3.8) is 0 Å². The zero-order valence-corrected chi connectivity index (χ0v) is 25.3. The van der Waals surface area contributed by atoms with Crippen molar-refractivity contribution in [3.05, 3.63) is 84.1 Å². The number of carbonyl (C=O) groups excluding carboxylic acids is 1. The van der Waals surface area contributed by atoms with E-state index in [2.05, 4.69) is 69.7 Å². The number of carbonyl (C=O) groups is 1. The van der Waals surface area contributed by atoms with Crippen molar-refractivity contribution in [3.8, 4) is 11.3 Å². The fraction of sp³-hybridized carbons (Fsp3) is 0.424. The number of likely N-dealkylation sites (tertiary alicyclic amines) is 1. The maximum absolute atomic E-state index is 12.1. The summed E-state index contributed by atoms with van der Waals surface area (Å²) in [5.41, 5.74) is 13.4. The van der Waals surface area contributed by atoms with Gasteiger partial charge in [-0.2, -0.15) is 0 Å². The number of aromatic nitrogens is 3. The SMILES string of the molecule is C=C(c1ccc(-c2cn3c(C4C=CC(N)=CC4)cnc3cn2)cc1C)N1CCC(NC(=O)OC(C)(C)C)CC1.CC. The highest BCUT2D eigenvalue weighted by molar-refractivity contribution is 5.71. The van der Waals surface area contributed by atoms with Gasteiger partial charge in [0.2, 0.25) is 0 Å². The van der Waals surface area contributed by atoms with Gasteiger partial charge in [0.05, 0.1) is 11.9 Å². The maximum Gasteiger partial charge on any atom is 0.407 e. The van der Waals surface area contributed by atoms with Gasteiger partial charge in [-0.1, -0.05) is 44.7 Å². The monoisotopic (exact) mass is 556 g/mol. The van der Waals surface area contributed by atoms with E-state index in [1.165, 1.54) is 0 Å². The Morgan fingerprint density at radius 2 is 1.88 bits per heavy atom. The van der Waals surface area contributed by atoms with Gasteiger partial charge < -0.3 is 20.7 Å². The van der Waals surface area contributed by atoms with Crippen molar-refractivity contribution in [1.82, 2.24) is 24.6 Å². The van der Waals surface area contributed by atoms with Crippen LogP contribution in [-0.4, -0.2) is 50.1 Å². The van der Waals surface area contributed by atoms with Gasteiger partial charge in [-0.15, -0.1) is 0 Å². The number of benzene rings is 1. The lowest BCUT2D eigenvalue weighted by atomic mass is 9.96. The van der Waals surface area contributed by atoms with Crippen LogP contribution in [0.25, 0.3) is 22.6 Å². The first kappa shape index (κ1) is 29.9. The molecule has 1 aliphatic heterocycles. The number of nitrogens with two attached hydrogens (primary N) is 1. The molecule has 1 saturated heterocycles. The minimum atomic E-state index is -0.496. The van der Waals surface area contributed by atoms with Gasteiger partial charge in [-0.25, -0.2) is 9.78 Å². The normalized spacial score (nSPS) is 17.5. The number of allylic oxidation sites excluding steroid dienone is 3. The highest BCUT2D eigenvalue weighted by Gasteiger charge is 2.25. The largest absolute Gasteiger partial charge is 0.444 e. The second-order valence-corrected chi connectivity index (χ2v) is 11.5. The second-order valence-electron chi connectivity index (χ2n) is 11.5. The van der Waals surface area contributed by atoms with Gasteiger partial charge in [0.25, 0.3) is 0 Å². The van der Waals surface area contributed by atoms with Crippen LogP contribution in [0.3, 0.4) is 0 Å². The van der Waals surface area contributed by atoms with Crippen LogP contribution in [0.5, 0.6) is 0 Å². The summed E-state index contributed by atoms with van der Waals surface area (Å²) in [5.74, 6) is 0.235. The van der Waals surface area contributed by atoms with Crippen LogP contribution < -0.4 is 11.1 Å². The molecule has 41 heavy (non-hydrogen) atoms. The Bertz CT molecular complexity index is 1450. The molecule has 8 heteroatoms. The molecule has 3 heterocycles. The quantitative estimate of drug-likeness (QED) is 0.369. The average molecular weight is 557 g/mol. The Labute approximate surface area is 244 Å². The minimum absolute atomic E-state index is 0.110. The summed E-state index contributed by atoms with van der Waals surface area (Å²) in [5, 5.41) is 3.01. The third-order valence-corrected chi connectivity index (χ3v) is 7.36. The maximum atomic E-state index is 12.1. The zero-order chi connectivity index (χ0) is 29.7. The van der Waals surface area contributed by atoms with Crippen molar-refractivity contribution < 1.29 is 9.53 Å². The van der Waals surface area contributed by atoms with Gasteiger partial charge in [-0.05, 0) is 64.7 Å². The number of alkyl carbamates (subject to hydrolysis) is 1. The van der Waals surface area contributed by atoms with Crippen LogP contribution in [0.2, 0.25) is 0 Å². The van der Waals surface area contributed by atoms with E-state index < -0.39 is 5.60 Å². The van der Waals surface area contributed by atoms with Crippen LogP contribution in [0, 0.1) is 6.92 Å². The smallest absolute Gasteiger partial charge is 0.407 e. The zero-order valence-electron chi connectivity index (χ0n) is 25.3. The fourth-order valence-corrected chi connectivity index (χ4v) is 5.27. The topological polar surface area (TPSA) is 97.8 Å². The molecule has 5 rings (SSSR count). The van der Waals surface area contributed by atoms with Crippen LogP contribution >= 0.6 is 0 Å². The standard InChI is InChI=1S/C31H38N6O2.C2H6/c1-20-16-23(27-19-37-28(17-34-29(37)18-33-27)22-6-9-24(32)10-7-22)8-11-26(20)21(2)36-14-12-25(13-15-36)35-30(38)39-31(3,4)5;1-2/h6,8-11,16-19,22,25H,2,7,12-15,32H2,1,3-5H3,(H,35,38);1-2H3. The summed E-state index contributed by atoms with van der Waals surface area (Å²) in [7, 11) is 0. The highest BCUT2D eigenvalue weighted by Crippen LogP contribution is 2.30. The van der Waals surface area contributed by atoms with Crippen LogP contribution in [0.15, 0.2) is 67.3 Å². The van der Waals surface area contributed by atoms with Crippen LogP contribution in [-0.2, 0) is 4.74 Å². The van der Waals surface area contributed by atoms with Crippen molar-refractivity contribution in [2.75, 3.05) is 13.1 Å². The van der Waals surface area contributed by atoms with Gasteiger partial charge in [0.15, 0.2) is 5.65 Å². The number of nitrogens with one attached hydrogen (secondary N) is 1. The summed E-state index contributed by atoms with van der Waals surface area (Å²) in [6, 6.07) is 6.53. The lowest BCUT2D eigenvalue weighted by molar-refractivity contribution is 0.0487. The molecule has 218 valence electrons. The third-order valence-electron chi connectivity index (χ3n) is 7.36. The number of hydrogen-bond acceptors (Lipinski definition) is 6. The summed E-state index contributed by atoms with van der Waals surface area (Å²) >= 11 is 0. The van der Waals surface area contributed by atoms with Crippen molar-refractivity contribution in [2.45, 2.75) is 78.4 Å². The number of aryl methyl sites for hydroxylation is 1. The molecule has 1 aromatic carbocycles. The molecule has 1 atom stereocenters. The first-order valence-electron chi connectivity index (χ1n) is 14.6. The Morgan fingerprint density at radius 1 is 1.15 bits per heavy atom. The number of ether oxygens (including phenoxy) is 1. The molecule has 2 aliphatic rings. The predicted molar refractivity (Wildman–Crippen MR) is 166 cm³/mol. The van der Waals surface area contributed by atoms with E-state index in [1.54, 1.807) is 0 Å². The molecule has 3 N–H and O–H groups in total. The first-order chi connectivity index (χ1) is 19.6.